The second-order valence-corrected chi connectivity index (χ2v) is 5.82. The molecule has 1 heterocycles. The van der Waals surface area contributed by atoms with Crippen molar-refractivity contribution in [1.82, 2.24) is 16.0 Å². The van der Waals surface area contributed by atoms with Crippen LogP contribution >= 0.6 is 24.0 Å². The molecule has 0 radical (unpaired) electrons. The third-order valence-corrected chi connectivity index (χ3v) is 3.83. The Morgan fingerprint density at radius 1 is 1.27 bits per heavy atom. The third kappa shape index (κ3) is 9.35. The minimum atomic E-state index is -0.0728. The first-order chi connectivity index (χ1) is 12.3. The highest BCUT2D eigenvalue weighted by Crippen LogP contribution is 2.07. The number of nitrogens with one attached hydrogen (secondary N) is 3. The zero-order valence-corrected chi connectivity index (χ0v) is 17.5. The lowest BCUT2D eigenvalue weighted by atomic mass is 10.2. The van der Waals surface area contributed by atoms with Crippen molar-refractivity contribution < 1.29 is 14.3 Å². The average Bonchev–Trinajstić information content (AvgIpc) is 3.16. The Bertz CT molecular complexity index is 536. The molecule has 2 rings (SSSR count). The Kier molecular flexibility index (Phi) is 12.0. The fourth-order valence-electron chi connectivity index (χ4n) is 2.42. The largest absolute Gasteiger partial charge is 0.379 e. The first-order valence-electron chi connectivity index (χ1n) is 8.72. The summed E-state index contributed by atoms with van der Waals surface area (Å²) in [5, 5.41) is 9.05. The van der Waals surface area contributed by atoms with Crippen LogP contribution in [0.5, 0.6) is 0 Å². The molecule has 1 unspecified atom stereocenters. The smallest absolute Gasteiger partial charge is 0.239 e. The lowest BCUT2D eigenvalue weighted by molar-refractivity contribution is -0.120. The van der Waals surface area contributed by atoms with Crippen LogP contribution in [0.3, 0.4) is 0 Å². The van der Waals surface area contributed by atoms with Crippen molar-refractivity contribution in [2.24, 2.45) is 4.99 Å². The van der Waals surface area contributed by atoms with Gasteiger partial charge in [0.2, 0.25) is 5.91 Å². The van der Waals surface area contributed by atoms with Crippen LogP contribution in [0.2, 0.25) is 0 Å². The summed E-state index contributed by atoms with van der Waals surface area (Å²) in [6, 6.07) is 9.82. The van der Waals surface area contributed by atoms with Crippen LogP contribution in [0.1, 0.15) is 18.4 Å². The minimum absolute atomic E-state index is 0. The quantitative estimate of drug-likeness (QED) is 0.217. The summed E-state index contributed by atoms with van der Waals surface area (Å²) in [5.74, 6) is 0.537. The maximum absolute atomic E-state index is 11.9. The van der Waals surface area contributed by atoms with E-state index in [1.807, 2.05) is 30.3 Å². The molecule has 1 aromatic carbocycles. The summed E-state index contributed by atoms with van der Waals surface area (Å²) >= 11 is 0. The summed E-state index contributed by atoms with van der Waals surface area (Å²) in [6.45, 7) is 3.63. The number of rotatable bonds is 9. The Morgan fingerprint density at radius 2 is 2.08 bits per heavy atom. The molecular weight excluding hydrogens is 447 g/mol. The van der Waals surface area contributed by atoms with Gasteiger partial charge >= 0.3 is 0 Å². The maximum Gasteiger partial charge on any atom is 0.239 e. The monoisotopic (exact) mass is 476 g/mol. The van der Waals surface area contributed by atoms with Gasteiger partial charge in [0.1, 0.15) is 0 Å². The summed E-state index contributed by atoms with van der Waals surface area (Å²) in [6.07, 6.45) is 2.09. The van der Waals surface area contributed by atoms with Crippen molar-refractivity contribution in [3.8, 4) is 0 Å². The Hall–Kier alpha value is -1.39. The third-order valence-electron chi connectivity index (χ3n) is 3.83. The molecule has 7 nitrogen and oxygen atoms in total. The van der Waals surface area contributed by atoms with Gasteiger partial charge in [-0.1, -0.05) is 30.3 Å². The summed E-state index contributed by atoms with van der Waals surface area (Å²) in [4.78, 5) is 16.0. The summed E-state index contributed by atoms with van der Waals surface area (Å²) < 4.78 is 11.0. The van der Waals surface area contributed by atoms with Gasteiger partial charge in [-0.25, -0.2) is 0 Å². The van der Waals surface area contributed by atoms with E-state index in [0.717, 1.165) is 31.6 Å². The van der Waals surface area contributed by atoms with Crippen molar-refractivity contribution >= 4 is 35.8 Å². The molecule has 1 amide bonds. The highest BCUT2D eigenvalue weighted by Gasteiger charge is 2.15. The number of carbonyl (C=O) groups excluding carboxylic acids is 1. The van der Waals surface area contributed by atoms with Crippen LogP contribution in [0.4, 0.5) is 0 Å². The van der Waals surface area contributed by atoms with E-state index < -0.39 is 0 Å². The SMILES string of the molecule is CN=C(NCCCOC1CCOC1)NCC(=O)NCc1ccccc1.I. The fraction of sp³-hybridized carbons (Fsp3) is 0.556. The summed E-state index contributed by atoms with van der Waals surface area (Å²) in [5.41, 5.74) is 1.08. The molecule has 146 valence electrons. The standard InChI is InChI=1S/C18H28N4O3.HI/c1-19-18(20-9-5-10-25-16-8-11-24-14-16)22-13-17(23)21-12-15-6-3-2-4-7-15;/h2-4,6-7,16H,5,8-14H2,1H3,(H,21,23)(H2,19,20,22);1H. The van der Waals surface area contributed by atoms with E-state index in [4.69, 9.17) is 9.47 Å². The van der Waals surface area contributed by atoms with E-state index in [1.54, 1.807) is 7.05 Å². The van der Waals surface area contributed by atoms with Gasteiger partial charge in [0.25, 0.3) is 0 Å². The van der Waals surface area contributed by atoms with Crippen LogP contribution in [0, 0.1) is 0 Å². The van der Waals surface area contributed by atoms with E-state index in [1.165, 1.54) is 0 Å². The predicted octanol–water partition coefficient (Wildman–Crippen LogP) is 1.28. The average molecular weight is 476 g/mol. The molecule has 0 aliphatic carbocycles. The zero-order chi connectivity index (χ0) is 17.7. The molecule has 26 heavy (non-hydrogen) atoms. The molecule has 0 saturated carbocycles. The predicted molar refractivity (Wildman–Crippen MR) is 113 cm³/mol. The summed E-state index contributed by atoms with van der Waals surface area (Å²) in [7, 11) is 1.68. The molecule has 0 bridgehead atoms. The minimum Gasteiger partial charge on any atom is -0.379 e. The number of guanidine groups is 1. The van der Waals surface area contributed by atoms with Gasteiger partial charge in [0, 0.05) is 33.4 Å². The Labute approximate surface area is 172 Å². The van der Waals surface area contributed by atoms with Gasteiger partial charge in [-0.2, -0.15) is 0 Å². The first kappa shape index (κ1) is 22.7. The highest BCUT2D eigenvalue weighted by molar-refractivity contribution is 14.0. The lowest BCUT2D eigenvalue weighted by Crippen LogP contribution is -2.43. The van der Waals surface area contributed by atoms with Gasteiger partial charge in [-0.3, -0.25) is 9.79 Å². The molecular formula is C18H29IN4O3. The second kappa shape index (κ2) is 13.8. The van der Waals surface area contributed by atoms with Crippen molar-refractivity contribution in [2.75, 3.05) is 40.0 Å². The van der Waals surface area contributed by atoms with Crippen LogP contribution in [0.15, 0.2) is 35.3 Å². The number of ether oxygens (including phenoxy) is 2. The number of aliphatic imine (C=N–C) groups is 1. The van der Waals surface area contributed by atoms with Crippen molar-refractivity contribution in [3.05, 3.63) is 35.9 Å². The van der Waals surface area contributed by atoms with Gasteiger partial charge in [-0.15, -0.1) is 24.0 Å². The van der Waals surface area contributed by atoms with E-state index in [0.29, 0.717) is 25.7 Å². The van der Waals surface area contributed by atoms with Gasteiger partial charge in [-0.05, 0) is 18.4 Å². The second-order valence-electron chi connectivity index (χ2n) is 5.82. The molecule has 0 spiro atoms. The van der Waals surface area contributed by atoms with Crippen molar-refractivity contribution in [3.63, 3.8) is 0 Å². The van der Waals surface area contributed by atoms with E-state index in [9.17, 15) is 4.79 Å². The number of hydrogen-bond donors (Lipinski definition) is 3. The number of carbonyl (C=O) groups is 1. The molecule has 0 aromatic heterocycles. The molecule has 3 N–H and O–H groups in total. The number of halogens is 1. The van der Waals surface area contributed by atoms with Crippen LogP contribution in [-0.2, 0) is 20.8 Å². The lowest BCUT2D eigenvalue weighted by Gasteiger charge is -2.13. The van der Waals surface area contributed by atoms with Crippen LogP contribution in [0.25, 0.3) is 0 Å². The van der Waals surface area contributed by atoms with Crippen LogP contribution in [-0.4, -0.2) is 57.9 Å². The number of hydrogen-bond acceptors (Lipinski definition) is 4. The molecule has 1 saturated heterocycles. The number of nitrogens with zero attached hydrogens (tertiary/aromatic N) is 1. The van der Waals surface area contributed by atoms with Crippen LogP contribution < -0.4 is 16.0 Å². The normalized spacial score (nSPS) is 16.7. The highest BCUT2D eigenvalue weighted by atomic mass is 127. The molecule has 8 heteroatoms. The van der Waals surface area contributed by atoms with E-state index in [2.05, 4.69) is 20.9 Å². The number of amides is 1. The topological polar surface area (TPSA) is 84.0 Å². The van der Waals surface area contributed by atoms with Gasteiger partial charge in [0.15, 0.2) is 5.96 Å². The maximum atomic E-state index is 11.9. The number of benzene rings is 1. The van der Waals surface area contributed by atoms with E-state index in [-0.39, 0.29) is 42.5 Å². The molecule has 1 aliphatic heterocycles. The van der Waals surface area contributed by atoms with E-state index >= 15 is 0 Å². The van der Waals surface area contributed by atoms with Crippen molar-refractivity contribution in [1.29, 1.82) is 0 Å². The Balaban J connectivity index is 0.00000338. The zero-order valence-electron chi connectivity index (χ0n) is 15.2. The van der Waals surface area contributed by atoms with Gasteiger partial charge in [0.05, 0.1) is 19.3 Å². The molecule has 1 aromatic rings. The Morgan fingerprint density at radius 3 is 2.77 bits per heavy atom. The molecule has 1 atom stereocenters. The fourth-order valence-corrected chi connectivity index (χ4v) is 2.42. The first-order valence-corrected chi connectivity index (χ1v) is 8.72. The molecule has 1 fully saturated rings. The van der Waals surface area contributed by atoms with Gasteiger partial charge < -0.3 is 25.4 Å². The van der Waals surface area contributed by atoms with Crippen molar-refractivity contribution in [2.45, 2.75) is 25.5 Å². The molecule has 1 aliphatic rings.